The van der Waals surface area contributed by atoms with Crippen LogP contribution in [0.5, 0.6) is 5.75 Å². The monoisotopic (exact) mass is 451 g/mol. The van der Waals surface area contributed by atoms with Crippen LogP contribution in [0, 0.1) is 0 Å². The Morgan fingerprint density at radius 2 is 1.91 bits per heavy atom. The number of likely N-dealkylation sites (N-methyl/N-ethyl adjacent to an activating group) is 1. The number of imide groups is 1. The molecule has 1 fully saturated rings. The Morgan fingerprint density at radius 3 is 2.59 bits per heavy atom. The molecule has 166 valence electrons. The van der Waals surface area contributed by atoms with Gasteiger partial charge in [-0.3, -0.25) is 9.69 Å². The molecular formula is C25H26ClN3O3. The Bertz CT molecular complexity index is 1180. The smallest absolute Gasteiger partial charge is 0.329 e. The second-order valence-electron chi connectivity index (χ2n) is 8.62. The first-order chi connectivity index (χ1) is 15.1. The number of nitrogens with one attached hydrogen (secondary N) is 1. The third-order valence-corrected chi connectivity index (χ3v) is 6.49. The van der Waals surface area contributed by atoms with E-state index in [4.69, 9.17) is 16.3 Å². The van der Waals surface area contributed by atoms with Gasteiger partial charge in [0.25, 0.3) is 5.91 Å². The van der Waals surface area contributed by atoms with E-state index in [0.29, 0.717) is 16.3 Å². The fourth-order valence-corrected chi connectivity index (χ4v) is 4.35. The summed E-state index contributed by atoms with van der Waals surface area (Å²) < 4.78 is 5.63. The van der Waals surface area contributed by atoms with Crippen LogP contribution in [-0.4, -0.2) is 36.5 Å². The molecule has 0 spiro atoms. The van der Waals surface area contributed by atoms with Crippen LogP contribution in [0.15, 0.2) is 48.2 Å². The minimum Gasteiger partial charge on any atom is -0.496 e. The lowest BCUT2D eigenvalue weighted by atomic mass is 9.88. The summed E-state index contributed by atoms with van der Waals surface area (Å²) in [4.78, 5) is 28.9. The average Bonchev–Trinajstić information content (AvgIpc) is 3.00. The molecule has 1 N–H and O–H groups in total. The number of benzene rings is 2. The Balaban J connectivity index is 1.70. The first-order valence-corrected chi connectivity index (χ1v) is 10.7. The van der Waals surface area contributed by atoms with Gasteiger partial charge in [0, 0.05) is 35.0 Å². The van der Waals surface area contributed by atoms with E-state index in [2.05, 4.69) is 37.1 Å². The van der Waals surface area contributed by atoms with Crippen molar-refractivity contribution < 1.29 is 14.3 Å². The van der Waals surface area contributed by atoms with E-state index < -0.39 is 11.9 Å². The van der Waals surface area contributed by atoms with Crippen molar-refractivity contribution in [3.8, 4) is 5.75 Å². The zero-order chi connectivity index (χ0) is 23.2. The Labute approximate surface area is 193 Å². The molecule has 3 amide bonds. The van der Waals surface area contributed by atoms with Crippen molar-refractivity contribution in [2.45, 2.75) is 32.9 Å². The zero-order valence-corrected chi connectivity index (χ0v) is 19.6. The third kappa shape index (κ3) is 3.75. The Hall–Kier alpha value is -3.25. The number of fused-ring (bicyclic) bond motifs is 1. The number of carbonyl (C=O) groups is 2. The zero-order valence-electron chi connectivity index (χ0n) is 18.8. The molecule has 6 nitrogen and oxygen atoms in total. The predicted molar refractivity (Wildman–Crippen MR) is 128 cm³/mol. The Morgan fingerprint density at radius 1 is 1.19 bits per heavy atom. The molecular weight excluding hydrogens is 426 g/mol. The topological polar surface area (TPSA) is 61.9 Å². The first-order valence-electron chi connectivity index (χ1n) is 10.4. The highest BCUT2D eigenvalue weighted by molar-refractivity contribution is 6.31. The molecule has 0 atom stereocenters. The maximum atomic E-state index is 13.0. The van der Waals surface area contributed by atoms with Crippen molar-refractivity contribution >= 4 is 40.9 Å². The molecule has 2 aromatic carbocycles. The number of halogens is 1. The normalized spacial score (nSPS) is 18.6. The van der Waals surface area contributed by atoms with E-state index in [-0.39, 0.29) is 17.8 Å². The maximum absolute atomic E-state index is 13.0. The summed E-state index contributed by atoms with van der Waals surface area (Å²) in [5.41, 5.74) is 4.75. The fourth-order valence-electron chi connectivity index (χ4n) is 4.15. The molecule has 2 aliphatic rings. The van der Waals surface area contributed by atoms with Gasteiger partial charge in [0.2, 0.25) is 0 Å². The van der Waals surface area contributed by atoms with Gasteiger partial charge in [-0.2, -0.15) is 0 Å². The highest BCUT2D eigenvalue weighted by Crippen LogP contribution is 2.41. The summed E-state index contributed by atoms with van der Waals surface area (Å²) in [6, 6.07) is 10.7. The maximum Gasteiger partial charge on any atom is 0.329 e. The molecule has 0 saturated carbocycles. The minimum absolute atomic E-state index is 0.102. The second-order valence-corrected chi connectivity index (χ2v) is 9.03. The van der Waals surface area contributed by atoms with Crippen LogP contribution < -0.4 is 15.0 Å². The van der Waals surface area contributed by atoms with E-state index in [0.717, 1.165) is 27.3 Å². The van der Waals surface area contributed by atoms with Crippen molar-refractivity contribution in [3.05, 3.63) is 69.9 Å². The molecule has 0 bridgehead atoms. The minimum atomic E-state index is -0.476. The van der Waals surface area contributed by atoms with Crippen molar-refractivity contribution in [3.63, 3.8) is 0 Å². The molecule has 0 aliphatic carbocycles. The van der Waals surface area contributed by atoms with Gasteiger partial charge in [-0.1, -0.05) is 35.9 Å². The lowest BCUT2D eigenvalue weighted by Crippen LogP contribution is -2.42. The summed E-state index contributed by atoms with van der Waals surface area (Å²) >= 11 is 6.21. The number of amides is 3. The number of anilines is 1. The van der Waals surface area contributed by atoms with E-state index in [1.807, 2.05) is 25.2 Å². The van der Waals surface area contributed by atoms with Gasteiger partial charge in [0.1, 0.15) is 11.4 Å². The number of hydrogen-bond donors (Lipinski definition) is 1. The lowest BCUT2D eigenvalue weighted by molar-refractivity contribution is -0.123. The number of rotatable bonds is 4. The first kappa shape index (κ1) is 22.0. The van der Waals surface area contributed by atoms with Gasteiger partial charge < -0.3 is 15.0 Å². The van der Waals surface area contributed by atoms with Crippen LogP contribution in [0.4, 0.5) is 10.5 Å². The number of allylic oxidation sites excluding steroid dienone is 1. The average molecular weight is 452 g/mol. The lowest BCUT2D eigenvalue weighted by Gasteiger charge is -2.41. The second kappa shape index (κ2) is 8.02. The summed E-state index contributed by atoms with van der Waals surface area (Å²) in [6.07, 6.45) is 3.88. The highest BCUT2D eigenvalue weighted by Gasteiger charge is 2.35. The van der Waals surface area contributed by atoms with E-state index in [1.54, 1.807) is 31.4 Å². The van der Waals surface area contributed by atoms with Crippen molar-refractivity contribution in [2.75, 3.05) is 19.1 Å². The number of hydrogen-bond acceptors (Lipinski definition) is 4. The predicted octanol–water partition coefficient (Wildman–Crippen LogP) is 5.07. The summed E-state index contributed by atoms with van der Waals surface area (Å²) in [5, 5.41) is 3.19. The van der Waals surface area contributed by atoms with Crippen molar-refractivity contribution in [1.29, 1.82) is 0 Å². The van der Waals surface area contributed by atoms with E-state index in [9.17, 15) is 9.59 Å². The summed E-state index contributed by atoms with van der Waals surface area (Å²) in [7, 11) is 3.64. The SMILES string of the molecule is COc1cc2c(cc1/C=C1/NC(=O)N(Cc3ccccc3Cl)C1=O)C(C)=CC(C)(C)N2C. The van der Waals surface area contributed by atoms with Crippen LogP contribution in [-0.2, 0) is 11.3 Å². The molecule has 7 heteroatoms. The van der Waals surface area contributed by atoms with Crippen LogP contribution in [0.2, 0.25) is 5.02 Å². The molecule has 2 heterocycles. The molecule has 32 heavy (non-hydrogen) atoms. The summed E-state index contributed by atoms with van der Waals surface area (Å²) in [6.45, 7) is 6.49. The molecule has 4 rings (SSSR count). The van der Waals surface area contributed by atoms with Gasteiger partial charge in [-0.15, -0.1) is 0 Å². The van der Waals surface area contributed by atoms with Gasteiger partial charge in [0.05, 0.1) is 19.2 Å². The van der Waals surface area contributed by atoms with E-state index in [1.165, 1.54) is 0 Å². The van der Waals surface area contributed by atoms with Crippen LogP contribution in [0.3, 0.4) is 0 Å². The molecule has 0 aromatic heterocycles. The Kier molecular flexibility index (Phi) is 5.51. The summed E-state index contributed by atoms with van der Waals surface area (Å²) in [5.74, 6) is 0.223. The quantitative estimate of drug-likeness (QED) is 0.520. The van der Waals surface area contributed by atoms with Gasteiger partial charge in [-0.25, -0.2) is 4.79 Å². The molecule has 0 unspecified atom stereocenters. The number of methoxy groups -OCH3 is 1. The van der Waals surface area contributed by atoms with Gasteiger partial charge in [-0.05, 0) is 50.1 Å². The number of ether oxygens (including phenoxy) is 1. The van der Waals surface area contributed by atoms with Crippen molar-refractivity contribution in [2.24, 2.45) is 0 Å². The van der Waals surface area contributed by atoms with E-state index >= 15 is 0 Å². The molecule has 0 radical (unpaired) electrons. The standard InChI is InChI=1S/C25H26ClN3O3/c1-15-13-25(2,3)28(4)21-12-22(32-5)17(10-18(15)21)11-20-23(30)29(24(31)27-20)14-16-8-6-7-9-19(16)26/h6-13H,14H2,1-5H3,(H,27,31)/b20-11+. The molecule has 2 aliphatic heterocycles. The van der Waals surface area contributed by atoms with Gasteiger partial charge in [0.15, 0.2) is 0 Å². The third-order valence-electron chi connectivity index (χ3n) is 6.12. The van der Waals surface area contributed by atoms with Crippen LogP contribution >= 0.6 is 11.6 Å². The fraction of sp³-hybridized carbons (Fsp3) is 0.280. The largest absolute Gasteiger partial charge is 0.496 e. The van der Waals surface area contributed by atoms with Crippen LogP contribution in [0.1, 0.15) is 37.5 Å². The molecule has 2 aromatic rings. The van der Waals surface area contributed by atoms with Crippen molar-refractivity contribution in [1.82, 2.24) is 10.2 Å². The number of nitrogens with zero attached hydrogens (tertiary/aromatic N) is 2. The van der Waals surface area contributed by atoms with Crippen LogP contribution in [0.25, 0.3) is 11.6 Å². The highest BCUT2D eigenvalue weighted by atomic mass is 35.5. The number of carbonyl (C=O) groups excluding carboxylic acids is 2. The number of urea groups is 1. The molecule has 1 saturated heterocycles. The van der Waals surface area contributed by atoms with Gasteiger partial charge >= 0.3 is 6.03 Å².